The van der Waals surface area contributed by atoms with Gasteiger partial charge in [-0.25, -0.2) is 13.1 Å². The largest absolute Gasteiger partial charge is 0.481 e. The maximum absolute atomic E-state index is 12.2. The topological polar surface area (TPSA) is 83.5 Å². The van der Waals surface area contributed by atoms with Crippen molar-refractivity contribution < 1.29 is 18.3 Å². The molecule has 0 heterocycles. The Morgan fingerprint density at radius 1 is 1.24 bits per heavy atom. The molecule has 1 aromatic carbocycles. The lowest BCUT2D eigenvalue weighted by atomic mass is 9.91. The minimum absolute atomic E-state index is 0.0367. The first-order valence-corrected chi connectivity index (χ1v) is 8.45. The zero-order chi connectivity index (χ0) is 16.1. The number of benzene rings is 1. The molecule has 1 aromatic rings. The fourth-order valence-electron chi connectivity index (χ4n) is 1.59. The summed E-state index contributed by atoms with van der Waals surface area (Å²) in [4.78, 5) is 10.7. The molecule has 0 amide bonds. The molecule has 0 atom stereocenters. The van der Waals surface area contributed by atoms with Crippen molar-refractivity contribution in [1.82, 2.24) is 4.72 Å². The van der Waals surface area contributed by atoms with Gasteiger partial charge in [-0.2, -0.15) is 0 Å². The van der Waals surface area contributed by atoms with Crippen LogP contribution in [0, 0.1) is 5.41 Å². The van der Waals surface area contributed by atoms with Crippen LogP contribution in [0.3, 0.4) is 0 Å². The van der Waals surface area contributed by atoms with Crippen LogP contribution in [0.15, 0.2) is 29.2 Å². The molecule has 2 N–H and O–H groups in total. The number of sulfonamides is 1. The van der Waals surface area contributed by atoms with Gasteiger partial charge in [-0.15, -0.1) is 0 Å². The molecule has 0 saturated carbocycles. The Labute approximate surface area is 126 Å². The zero-order valence-electron chi connectivity index (χ0n) is 12.7. The van der Waals surface area contributed by atoms with Crippen LogP contribution in [-0.2, 0) is 21.2 Å². The Kier molecular flexibility index (Phi) is 5.92. The maximum atomic E-state index is 12.2. The molecule has 0 spiro atoms. The Balaban J connectivity index is 2.73. The van der Waals surface area contributed by atoms with E-state index in [2.05, 4.69) is 4.72 Å². The highest BCUT2D eigenvalue weighted by Gasteiger charge is 2.20. The predicted octanol–water partition coefficient (Wildman–Crippen LogP) is 2.42. The van der Waals surface area contributed by atoms with Crippen molar-refractivity contribution in [1.29, 1.82) is 0 Å². The monoisotopic (exact) mass is 313 g/mol. The first-order valence-electron chi connectivity index (χ1n) is 6.97. The second-order valence-corrected chi connectivity index (χ2v) is 7.65. The molecule has 0 aromatic heterocycles. The van der Waals surface area contributed by atoms with E-state index in [4.69, 9.17) is 5.11 Å². The summed E-state index contributed by atoms with van der Waals surface area (Å²) in [6.07, 6.45) is 1.31. The van der Waals surface area contributed by atoms with E-state index in [0.717, 1.165) is 12.0 Å². The molecule has 21 heavy (non-hydrogen) atoms. The summed E-state index contributed by atoms with van der Waals surface area (Å²) in [5.41, 5.74) is 0.722. The van der Waals surface area contributed by atoms with Crippen LogP contribution in [0.25, 0.3) is 0 Å². The molecule has 0 radical (unpaired) electrons. The Morgan fingerprint density at radius 3 is 2.29 bits per heavy atom. The van der Waals surface area contributed by atoms with Crippen LogP contribution in [0.5, 0.6) is 0 Å². The molecule has 0 saturated heterocycles. The lowest BCUT2D eigenvalue weighted by molar-refractivity contribution is -0.136. The maximum Gasteiger partial charge on any atom is 0.303 e. The van der Waals surface area contributed by atoms with Crippen LogP contribution in [0.4, 0.5) is 0 Å². The number of aliphatic carboxylic acids is 1. The average molecular weight is 313 g/mol. The second-order valence-electron chi connectivity index (χ2n) is 5.88. The third-order valence-corrected chi connectivity index (χ3v) is 4.98. The van der Waals surface area contributed by atoms with Crippen molar-refractivity contribution in [3.05, 3.63) is 29.8 Å². The predicted molar refractivity (Wildman–Crippen MR) is 81.7 cm³/mol. The Bertz CT molecular complexity index is 576. The number of rotatable bonds is 8. The molecular weight excluding hydrogens is 290 g/mol. The molecule has 118 valence electrons. The minimum Gasteiger partial charge on any atom is -0.481 e. The SMILES string of the molecule is CCC(C)(C)CNS(=O)(=O)c1ccc(CCC(=O)O)cc1. The second kappa shape index (κ2) is 7.04. The van der Waals surface area contributed by atoms with E-state index < -0.39 is 16.0 Å². The molecule has 0 unspecified atom stereocenters. The van der Waals surface area contributed by atoms with Gasteiger partial charge in [-0.1, -0.05) is 32.9 Å². The summed E-state index contributed by atoms with van der Waals surface area (Å²) >= 11 is 0. The highest BCUT2D eigenvalue weighted by Crippen LogP contribution is 2.19. The van der Waals surface area contributed by atoms with Gasteiger partial charge >= 0.3 is 5.97 Å². The van der Waals surface area contributed by atoms with Crippen molar-refractivity contribution in [3.8, 4) is 0 Å². The van der Waals surface area contributed by atoms with E-state index >= 15 is 0 Å². The highest BCUT2D eigenvalue weighted by atomic mass is 32.2. The minimum atomic E-state index is -3.52. The van der Waals surface area contributed by atoms with Crippen molar-refractivity contribution in [2.75, 3.05) is 6.54 Å². The van der Waals surface area contributed by atoms with E-state index in [-0.39, 0.29) is 16.7 Å². The van der Waals surface area contributed by atoms with E-state index in [9.17, 15) is 13.2 Å². The van der Waals surface area contributed by atoms with Gasteiger partial charge in [0.05, 0.1) is 4.90 Å². The standard InChI is InChI=1S/C15H23NO4S/c1-4-15(2,3)11-16-21(19,20)13-8-5-12(6-9-13)7-10-14(17)18/h5-6,8-9,16H,4,7,10-11H2,1-3H3,(H,17,18). The molecule has 0 aliphatic heterocycles. The molecule has 6 heteroatoms. The first kappa shape index (κ1) is 17.7. The summed E-state index contributed by atoms with van der Waals surface area (Å²) in [5.74, 6) is -0.866. The molecule has 5 nitrogen and oxygen atoms in total. The van der Waals surface area contributed by atoms with Gasteiger partial charge in [0.15, 0.2) is 0 Å². The van der Waals surface area contributed by atoms with Crippen LogP contribution in [-0.4, -0.2) is 26.0 Å². The molecule has 0 bridgehead atoms. The first-order chi connectivity index (χ1) is 9.66. The van der Waals surface area contributed by atoms with Crippen LogP contribution < -0.4 is 4.72 Å². The van der Waals surface area contributed by atoms with E-state index in [1.165, 1.54) is 12.1 Å². The smallest absolute Gasteiger partial charge is 0.303 e. The molecule has 0 aliphatic carbocycles. The fraction of sp³-hybridized carbons (Fsp3) is 0.533. The van der Waals surface area contributed by atoms with Crippen LogP contribution in [0.1, 0.15) is 39.2 Å². The Morgan fingerprint density at radius 2 is 1.81 bits per heavy atom. The number of carbonyl (C=O) groups is 1. The lowest BCUT2D eigenvalue weighted by Crippen LogP contribution is -2.33. The van der Waals surface area contributed by atoms with Crippen LogP contribution in [0.2, 0.25) is 0 Å². The van der Waals surface area contributed by atoms with Crippen molar-refractivity contribution in [2.24, 2.45) is 5.41 Å². The van der Waals surface area contributed by atoms with Gasteiger partial charge in [-0.05, 0) is 36.0 Å². The van der Waals surface area contributed by atoms with Gasteiger partial charge in [-0.3, -0.25) is 4.79 Å². The average Bonchev–Trinajstić information content (AvgIpc) is 2.44. The number of aryl methyl sites for hydroxylation is 1. The van der Waals surface area contributed by atoms with E-state index in [1.54, 1.807) is 12.1 Å². The molecule has 0 aliphatic rings. The quantitative estimate of drug-likeness (QED) is 0.772. The zero-order valence-corrected chi connectivity index (χ0v) is 13.5. The van der Waals surface area contributed by atoms with Crippen molar-refractivity contribution >= 4 is 16.0 Å². The number of hydrogen-bond acceptors (Lipinski definition) is 3. The summed E-state index contributed by atoms with van der Waals surface area (Å²) in [5, 5.41) is 8.62. The van der Waals surface area contributed by atoms with Gasteiger partial charge in [0.2, 0.25) is 10.0 Å². The third-order valence-electron chi connectivity index (χ3n) is 3.56. The number of carboxylic acid groups (broad SMARTS) is 1. The number of carboxylic acids is 1. The lowest BCUT2D eigenvalue weighted by Gasteiger charge is -2.22. The highest BCUT2D eigenvalue weighted by molar-refractivity contribution is 7.89. The van der Waals surface area contributed by atoms with E-state index in [1.807, 2.05) is 20.8 Å². The summed E-state index contributed by atoms with van der Waals surface area (Å²) in [6, 6.07) is 6.34. The van der Waals surface area contributed by atoms with Crippen LogP contribution >= 0.6 is 0 Å². The number of hydrogen-bond donors (Lipinski definition) is 2. The Hall–Kier alpha value is -1.40. The van der Waals surface area contributed by atoms with Crippen molar-refractivity contribution in [3.63, 3.8) is 0 Å². The molecule has 0 fully saturated rings. The number of nitrogens with one attached hydrogen (secondary N) is 1. The van der Waals surface area contributed by atoms with Crippen molar-refractivity contribution in [2.45, 2.75) is 44.9 Å². The summed E-state index contributed by atoms with van der Waals surface area (Å²) in [6.45, 7) is 6.41. The van der Waals surface area contributed by atoms with Gasteiger partial charge < -0.3 is 5.11 Å². The summed E-state index contributed by atoms with van der Waals surface area (Å²) in [7, 11) is -3.52. The van der Waals surface area contributed by atoms with Gasteiger partial charge in [0.1, 0.15) is 0 Å². The van der Waals surface area contributed by atoms with Gasteiger partial charge in [0.25, 0.3) is 0 Å². The molecule has 1 rings (SSSR count). The normalized spacial score (nSPS) is 12.3. The molecular formula is C15H23NO4S. The fourth-order valence-corrected chi connectivity index (χ4v) is 2.83. The third kappa shape index (κ3) is 5.85. The summed E-state index contributed by atoms with van der Waals surface area (Å²) < 4.78 is 26.9. The van der Waals surface area contributed by atoms with E-state index in [0.29, 0.717) is 13.0 Å². The van der Waals surface area contributed by atoms with Gasteiger partial charge in [0, 0.05) is 13.0 Å².